The summed E-state index contributed by atoms with van der Waals surface area (Å²) in [6.07, 6.45) is 2.46. The SMILES string of the molecule is O=S(=O)(c1ccc(F)cc1)N(Cc1ccc(O)cc1)c1ccc(OCCN2CCCC2)cc1. The third-order valence-electron chi connectivity index (χ3n) is 5.66. The molecule has 1 heterocycles. The third kappa shape index (κ3) is 5.83. The van der Waals surface area contributed by atoms with Crippen LogP contribution < -0.4 is 9.04 Å². The Bertz CT molecular complexity index is 1140. The minimum Gasteiger partial charge on any atom is -0.508 e. The first-order chi connectivity index (χ1) is 15.9. The van der Waals surface area contributed by atoms with Gasteiger partial charge >= 0.3 is 0 Å². The Labute approximate surface area is 193 Å². The first-order valence-corrected chi connectivity index (χ1v) is 12.4. The van der Waals surface area contributed by atoms with Gasteiger partial charge in [-0.2, -0.15) is 0 Å². The molecule has 3 aromatic carbocycles. The predicted octanol–water partition coefficient (Wildman–Crippen LogP) is 4.40. The Morgan fingerprint density at radius 2 is 1.55 bits per heavy atom. The van der Waals surface area contributed by atoms with Crippen LogP contribution in [0, 0.1) is 5.82 Å². The fourth-order valence-electron chi connectivity index (χ4n) is 3.82. The summed E-state index contributed by atoms with van der Waals surface area (Å²) >= 11 is 0. The van der Waals surface area contributed by atoms with E-state index in [9.17, 15) is 17.9 Å². The minimum absolute atomic E-state index is 0.00591. The molecule has 0 aromatic heterocycles. The second-order valence-corrected chi connectivity index (χ2v) is 9.89. The molecule has 0 unspecified atom stereocenters. The maximum Gasteiger partial charge on any atom is 0.264 e. The molecule has 0 atom stereocenters. The summed E-state index contributed by atoms with van der Waals surface area (Å²) < 4.78 is 47.4. The van der Waals surface area contributed by atoms with E-state index in [-0.39, 0.29) is 17.2 Å². The molecule has 1 aliphatic rings. The van der Waals surface area contributed by atoms with Gasteiger partial charge in [0.05, 0.1) is 17.1 Å². The highest BCUT2D eigenvalue weighted by Gasteiger charge is 2.25. The van der Waals surface area contributed by atoms with E-state index in [0.29, 0.717) is 23.6 Å². The number of phenols is 1. The quantitative estimate of drug-likeness (QED) is 0.502. The Morgan fingerprint density at radius 3 is 2.18 bits per heavy atom. The Kier molecular flexibility index (Phi) is 7.15. The highest BCUT2D eigenvalue weighted by Crippen LogP contribution is 2.28. The second kappa shape index (κ2) is 10.2. The number of nitrogens with zero attached hydrogens (tertiary/aromatic N) is 2. The summed E-state index contributed by atoms with van der Waals surface area (Å²) in [5, 5.41) is 9.56. The van der Waals surface area contributed by atoms with Gasteiger partial charge in [-0.05, 0) is 92.2 Å². The zero-order chi connectivity index (χ0) is 23.3. The molecule has 0 amide bonds. The number of phenolic OH excluding ortho intramolecular Hbond substituents is 1. The van der Waals surface area contributed by atoms with Crippen molar-refractivity contribution in [3.05, 3.63) is 84.2 Å². The Balaban J connectivity index is 1.55. The lowest BCUT2D eigenvalue weighted by atomic mass is 10.2. The van der Waals surface area contributed by atoms with Gasteiger partial charge in [0.15, 0.2) is 0 Å². The standard InChI is InChI=1S/C25H27FN2O4S/c26-21-5-13-25(14-6-21)33(30,31)28(19-20-3-9-23(29)10-4-20)22-7-11-24(12-8-22)32-18-17-27-15-1-2-16-27/h3-14,29H,1-2,15-19H2. The maximum atomic E-state index is 13.4. The normalized spacial score (nSPS) is 14.3. The molecule has 33 heavy (non-hydrogen) atoms. The van der Waals surface area contributed by atoms with Crippen LogP contribution in [0.3, 0.4) is 0 Å². The smallest absolute Gasteiger partial charge is 0.264 e. The van der Waals surface area contributed by atoms with E-state index >= 15 is 0 Å². The molecule has 3 aromatic rings. The molecule has 0 radical (unpaired) electrons. The number of aromatic hydroxyl groups is 1. The molecule has 174 valence electrons. The van der Waals surface area contributed by atoms with E-state index in [1.807, 2.05) is 0 Å². The Morgan fingerprint density at radius 1 is 0.909 bits per heavy atom. The molecular weight excluding hydrogens is 443 g/mol. The molecule has 8 heteroatoms. The first-order valence-electron chi connectivity index (χ1n) is 10.9. The highest BCUT2D eigenvalue weighted by atomic mass is 32.2. The van der Waals surface area contributed by atoms with Crippen LogP contribution >= 0.6 is 0 Å². The topological polar surface area (TPSA) is 70.1 Å². The van der Waals surface area contributed by atoms with Crippen molar-refractivity contribution in [3.63, 3.8) is 0 Å². The molecule has 1 N–H and O–H groups in total. The average molecular weight is 471 g/mol. The van der Waals surface area contributed by atoms with Crippen LogP contribution in [0.2, 0.25) is 0 Å². The molecule has 0 saturated carbocycles. The number of hydrogen-bond donors (Lipinski definition) is 1. The van der Waals surface area contributed by atoms with Crippen molar-refractivity contribution in [1.29, 1.82) is 0 Å². The monoisotopic (exact) mass is 470 g/mol. The van der Waals surface area contributed by atoms with Gasteiger partial charge in [-0.3, -0.25) is 9.21 Å². The fourth-order valence-corrected chi connectivity index (χ4v) is 5.28. The van der Waals surface area contributed by atoms with E-state index < -0.39 is 15.8 Å². The van der Waals surface area contributed by atoms with E-state index in [4.69, 9.17) is 4.74 Å². The minimum atomic E-state index is -3.96. The van der Waals surface area contributed by atoms with Gasteiger partial charge < -0.3 is 9.84 Å². The highest BCUT2D eigenvalue weighted by molar-refractivity contribution is 7.92. The molecule has 0 spiro atoms. The van der Waals surface area contributed by atoms with Crippen LogP contribution in [-0.4, -0.2) is 44.7 Å². The van der Waals surface area contributed by atoms with E-state index in [2.05, 4.69) is 4.90 Å². The number of sulfonamides is 1. The van der Waals surface area contributed by atoms with Crippen molar-refractivity contribution >= 4 is 15.7 Å². The first kappa shape index (κ1) is 23.1. The van der Waals surface area contributed by atoms with E-state index in [1.165, 1.54) is 41.4 Å². The van der Waals surface area contributed by atoms with E-state index in [1.54, 1.807) is 36.4 Å². The molecule has 1 fully saturated rings. The zero-order valence-corrected chi connectivity index (χ0v) is 19.0. The second-order valence-electron chi connectivity index (χ2n) is 8.02. The van der Waals surface area contributed by atoms with Gasteiger partial charge in [0, 0.05) is 6.54 Å². The van der Waals surface area contributed by atoms with E-state index in [0.717, 1.165) is 31.8 Å². The molecule has 1 aliphatic heterocycles. The van der Waals surface area contributed by atoms with Crippen molar-refractivity contribution in [2.24, 2.45) is 0 Å². The van der Waals surface area contributed by atoms with Gasteiger partial charge in [-0.25, -0.2) is 12.8 Å². The number of anilines is 1. The molecule has 4 rings (SSSR count). The summed E-state index contributed by atoms with van der Waals surface area (Å²) in [7, 11) is -3.96. The van der Waals surface area contributed by atoms with Crippen LogP contribution in [-0.2, 0) is 16.6 Å². The summed E-state index contributed by atoms with van der Waals surface area (Å²) in [6, 6.07) is 18.0. The summed E-state index contributed by atoms with van der Waals surface area (Å²) in [5.74, 6) is 0.262. The van der Waals surface area contributed by atoms with Crippen molar-refractivity contribution < 1.29 is 22.7 Å². The van der Waals surface area contributed by atoms with Crippen LogP contribution in [0.15, 0.2) is 77.7 Å². The third-order valence-corrected chi connectivity index (χ3v) is 7.45. The summed E-state index contributed by atoms with van der Waals surface area (Å²) in [4.78, 5) is 2.36. The molecule has 1 saturated heterocycles. The number of hydrogen-bond acceptors (Lipinski definition) is 5. The summed E-state index contributed by atoms with van der Waals surface area (Å²) in [6.45, 7) is 3.71. The van der Waals surface area contributed by atoms with Crippen LogP contribution in [0.25, 0.3) is 0 Å². The number of halogens is 1. The lowest BCUT2D eigenvalue weighted by Gasteiger charge is -2.25. The molecule has 6 nitrogen and oxygen atoms in total. The van der Waals surface area contributed by atoms with Crippen LogP contribution in [0.4, 0.5) is 10.1 Å². The van der Waals surface area contributed by atoms with Gasteiger partial charge in [0.2, 0.25) is 0 Å². The van der Waals surface area contributed by atoms with Crippen molar-refractivity contribution in [2.45, 2.75) is 24.3 Å². The van der Waals surface area contributed by atoms with Crippen LogP contribution in [0.1, 0.15) is 18.4 Å². The van der Waals surface area contributed by atoms with Crippen LogP contribution in [0.5, 0.6) is 11.5 Å². The molecule has 0 bridgehead atoms. The van der Waals surface area contributed by atoms with Gasteiger partial charge in [-0.15, -0.1) is 0 Å². The number of rotatable bonds is 9. The molecule has 0 aliphatic carbocycles. The van der Waals surface area contributed by atoms with Crippen molar-refractivity contribution in [3.8, 4) is 11.5 Å². The largest absolute Gasteiger partial charge is 0.508 e. The average Bonchev–Trinajstić information content (AvgIpc) is 3.33. The summed E-state index contributed by atoms with van der Waals surface area (Å²) in [5.41, 5.74) is 1.16. The lowest BCUT2D eigenvalue weighted by Crippen LogP contribution is -2.30. The van der Waals surface area contributed by atoms with Crippen molar-refractivity contribution in [1.82, 2.24) is 4.90 Å². The zero-order valence-electron chi connectivity index (χ0n) is 18.2. The lowest BCUT2D eigenvalue weighted by molar-refractivity contribution is 0.238. The predicted molar refractivity (Wildman–Crippen MR) is 125 cm³/mol. The number of likely N-dealkylation sites (tertiary alicyclic amines) is 1. The van der Waals surface area contributed by atoms with Gasteiger partial charge in [0.25, 0.3) is 10.0 Å². The van der Waals surface area contributed by atoms with Gasteiger partial charge in [-0.1, -0.05) is 12.1 Å². The van der Waals surface area contributed by atoms with Gasteiger partial charge in [0.1, 0.15) is 23.9 Å². The maximum absolute atomic E-state index is 13.4. The van der Waals surface area contributed by atoms with Crippen molar-refractivity contribution in [2.75, 3.05) is 30.5 Å². The molecular formula is C25H27FN2O4S. The number of benzene rings is 3. The number of ether oxygens (including phenoxy) is 1. The Hall–Kier alpha value is -3.10. The fraction of sp³-hybridized carbons (Fsp3) is 0.280.